The number of rotatable bonds is 4. The van der Waals surface area contributed by atoms with E-state index in [2.05, 4.69) is 11.8 Å². The summed E-state index contributed by atoms with van der Waals surface area (Å²) in [5.74, 6) is -0.0420. The lowest BCUT2D eigenvalue weighted by molar-refractivity contribution is 0.0470. The third-order valence-corrected chi connectivity index (χ3v) is 4.27. The number of aromatic hydroxyl groups is 1. The Kier molecular flexibility index (Phi) is 5.20. The van der Waals surface area contributed by atoms with Gasteiger partial charge in [0.1, 0.15) is 5.75 Å². The van der Waals surface area contributed by atoms with Crippen LogP contribution in [0.15, 0.2) is 18.2 Å². The third-order valence-electron chi connectivity index (χ3n) is 4.27. The lowest BCUT2D eigenvalue weighted by atomic mass is 10.1. The number of piperazine rings is 1. The molecule has 1 aromatic rings. The van der Waals surface area contributed by atoms with E-state index in [1.807, 2.05) is 0 Å². The summed E-state index contributed by atoms with van der Waals surface area (Å²) in [6, 6.07) is 5.42. The Labute approximate surface area is 125 Å². The molecule has 1 atom stereocenters. The quantitative estimate of drug-likeness (QED) is 0.876. The van der Waals surface area contributed by atoms with Crippen LogP contribution in [0.1, 0.15) is 29.3 Å². The van der Waals surface area contributed by atoms with Crippen molar-refractivity contribution in [3.8, 4) is 5.75 Å². The fourth-order valence-corrected chi connectivity index (χ4v) is 2.79. The summed E-state index contributed by atoms with van der Waals surface area (Å²) >= 11 is 0. The highest BCUT2D eigenvalue weighted by Crippen LogP contribution is 2.23. The first-order chi connectivity index (χ1) is 10.1. The van der Waals surface area contributed by atoms with Crippen molar-refractivity contribution in [2.45, 2.75) is 26.3 Å². The second-order valence-corrected chi connectivity index (χ2v) is 5.54. The largest absolute Gasteiger partial charge is 0.507 e. The molecular weight excluding hydrogens is 268 g/mol. The molecule has 1 fully saturated rings. The summed E-state index contributed by atoms with van der Waals surface area (Å²) < 4.78 is 0. The van der Waals surface area contributed by atoms with Gasteiger partial charge in [0.05, 0.1) is 12.2 Å². The van der Waals surface area contributed by atoms with Crippen molar-refractivity contribution >= 4 is 5.91 Å². The number of hydrogen-bond acceptors (Lipinski definition) is 4. The normalized spacial score (nSPS) is 17.8. The van der Waals surface area contributed by atoms with Crippen LogP contribution in [-0.2, 0) is 0 Å². The molecule has 0 saturated carbocycles. The predicted molar refractivity (Wildman–Crippen MR) is 81.5 cm³/mol. The summed E-state index contributed by atoms with van der Waals surface area (Å²) in [4.78, 5) is 16.5. The van der Waals surface area contributed by atoms with Gasteiger partial charge in [-0.1, -0.05) is 19.1 Å². The van der Waals surface area contributed by atoms with E-state index >= 15 is 0 Å². The van der Waals surface area contributed by atoms with E-state index in [0.29, 0.717) is 24.2 Å². The molecule has 2 rings (SSSR count). The maximum Gasteiger partial charge on any atom is 0.257 e. The molecule has 0 aromatic heterocycles. The van der Waals surface area contributed by atoms with Gasteiger partial charge in [0.2, 0.25) is 0 Å². The number of aliphatic hydroxyl groups excluding tert-OH is 1. The SMILES string of the molecule is CC[C@@H](CO)N1CCN(C(=O)c2cccc(C)c2O)CC1. The molecule has 1 aromatic carbocycles. The highest BCUT2D eigenvalue weighted by Gasteiger charge is 2.26. The average Bonchev–Trinajstić information content (AvgIpc) is 2.51. The predicted octanol–water partition coefficient (Wildman–Crippen LogP) is 1.23. The maximum absolute atomic E-state index is 12.5. The van der Waals surface area contributed by atoms with E-state index in [-0.39, 0.29) is 24.3 Å². The van der Waals surface area contributed by atoms with Gasteiger partial charge >= 0.3 is 0 Å². The molecule has 1 heterocycles. The van der Waals surface area contributed by atoms with Crippen molar-refractivity contribution in [1.82, 2.24) is 9.80 Å². The Morgan fingerprint density at radius 3 is 2.52 bits per heavy atom. The summed E-state index contributed by atoms with van der Waals surface area (Å²) in [7, 11) is 0. The minimum Gasteiger partial charge on any atom is -0.507 e. The van der Waals surface area contributed by atoms with Gasteiger partial charge in [-0.3, -0.25) is 9.69 Å². The molecule has 1 aliphatic heterocycles. The van der Waals surface area contributed by atoms with Crippen molar-refractivity contribution in [3.05, 3.63) is 29.3 Å². The highest BCUT2D eigenvalue weighted by atomic mass is 16.3. The van der Waals surface area contributed by atoms with Crippen molar-refractivity contribution in [2.75, 3.05) is 32.8 Å². The molecule has 0 aliphatic carbocycles. The number of phenolic OH excluding ortho intramolecular Hbond substituents is 1. The number of carbonyl (C=O) groups excluding carboxylic acids is 1. The molecule has 0 bridgehead atoms. The lowest BCUT2D eigenvalue weighted by Crippen LogP contribution is -2.52. The first-order valence-electron chi connectivity index (χ1n) is 7.51. The van der Waals surface area contributed by atoms with Gasteiger partial charge in [0.25, 0.3) is 5.91 Å². The second-order valence-electron chi connectivity index (χ2n) is 5.54. The summed E-state index contributed by atoms with van der Waals surface area (Å²) in [6.07, 6.45) is 0.906. The Balaban J connectivity index is 2.02. The number of para-hydroxylation sites is 1. The average molecular weight is 292 g/mol. The van der Waals surface area contributed by atoms with Gasteiger partial charge in [-0.15, -0.1) is 0 Å². The summed E-state index contributed by atoms with van der Waals surface area (Å²) in [6.45, 7) is 6.78. The number of aliphatic hydroxyl groups is 1. The van der Waals surface area contributed by atoms with E-state index in [1.165, 1.54) is 0 Å². The van der Waals surface area contributed by atoms with Crippen LogP contribution in [-0.4, -0.2) is 64.7 Å². The lowest BCUT2D eigenvalue weighted by Gasteiger charge is -2.38. The van der Waals surface area contributed by atoms with Crippen molar-refractivity contribution in [2.24, 2.45) is 0 Å². The van der Waals surface area contributed by atoms with E-state index < -0.39 is 0 Å². The van der Waals surface area contributed by atoms with Crippen LogP contribution < -0.4 is 0 Å². The van der Waals surface area contributed by atoms with Crippen LogP contribution in [0, 0.1) is 6.92 Å². The van der Waals surface area contributed by atoms with Gasteiger partial charge in [-0.05, 0) is 25.0 Å². The molecule has 116 valence electrons. The van der Waals surface area contributed by atoms with Gasteiger partial charge in [0.15, 0.2) is 0 Å². The Bertz CT molecular complexity index is 492. The van der Waals surface area contributed by atoms with E-state index in [1.54, 1.807) is 30.0 Å². The monoisotopic (exact) mass is 292 g/mol. The second kappa shape index (κ2) is 6.91. The van der Waals surface area contributed by atoms with E-state index in [0.717, 1.165) is 19.5 Å². The van der Waals surface area contributed by atoms with Crippen LogP contribution in [0.25, 0.3) is 0 Å². The zero-order valence-electron chi connectivity index (χ0n) is 12.7. The molecule has 5 heteroatoms. The first-order valence-corrected chi connectivity index (χ1v) is 7.51. The van der Waals surface area contributed by atoms with E-state index in [9.17, 15) is 15.0 Å². The molecule has 1 saturated heterocycles. The number of phenols is 1. The Morgan fingerprint density at radius 2 is 1.95 bits per heavy atom. The fourth-order valence-electron chi connectivity index (χ4n) is 2.79. The van der Waals surface area contributed by atoms with Gasteiger partial charge < -0.3 is 15.1 Å². The number of carbonyl (C=O) groups is 1. The maximum atomic E-state index is 12.5. The van der Waals surface area contributed by atoms with Crippen molar-refractivity contribution in [3.63, 3.8) is 0 Å². The van der Waals surface area contributed by atoms with E-state index in [4.69, 9.17) is 0 Å². The number of benzene rings is 1. The minimum absolute atomic E-state index is 0.0757. The zero-order valence-corrected chi connectivity index (χ0v) is 12.7. The number of amides is 1. The first kappa shape index (κ1) is 15.8. The van der Waals surface area contributed by atoms with Crippen LogP contribution >= 0.6 is 0 Å². The molecule has 5 nitrogen and oxygen atoms in total. The zero-order chi connectivity index (χ0) is 15.4. The Hall–Kier alpha value is -1.59. The summed E-state index contributed by atoms with van der Waals surface area (Å²) in [5, 5.41) is 19.4. The number of hydrogen-bond donors (Lipinski definition) is 2. The Morgan fingerprint density at radius 1 is 1.29 bits per heavy atom. The molecule has 0 radical (unpaired) electrons. The third kappa shape index (κ3) is 3.36. The standard InChI is InChI=1S/C16H24N2O3/c1-3-13(11-19)17-7-9-18(10-8-17)16(21)14-6-4-5-12(2)15(14)20/h4-6,13,19-20H,3,7-11H2,1-2H3/t13-/m0/s1. The molecule has 1 amide bonds. The van der Waals surface area contributed by atoms with Crippen LogP contribution in [0.4, 0.5) is 0 Å². The number of aryl methyl sites for hydroxylation is 1. The van der Waals surface area contributed by atoms with Crippen LogP contribution in [0.2, 0.25) is 0 Å². The fraction of sp³-hybridized carbons (Fsp3) is 0.562. The molecular formula is C16H24N2O3. The van der Waals surface area contributed by atoms with Gasteiger partial charge in [-0.25, -0.2) is 0 Å². The molecule has 21 heavy (non-hydrogen) atoms. The molecule has 1 aliphatic rings. The van der Waals surface area contributed by atoms with Crippen LogP contribution in [0.3, 0.4) is 0 Å². The highest BCUT2D eigenvalue weighted by molar-refractivity contribution is 5.97. The number of nitrogens with zero attached hydrogens (tertiary/aromatic N) is 2. The van der Waals surface area contributed by atoms with Crippen molar-refractivity contribution < 1.29 is 15.0 Å². The van der Waals surface area contributed by atoms with Gasteiger partial charge in [0, 0.05) is 32.2 Å². The summed E-state index contributed by atoms with van der Waals surface area (Å²) in [5.41, 5.74) is 1.09. The minimum atomic E-state index is -0.118. The smallest absolute Gasteiger partial charge is 0.257 e. The van der Waals surface area contributed by atoms with Gasteiger partial charge in [-0.2, -0.15) is 0 Å². The van der Waals surface area contributed by atoms with Crippen LogP contribution in [0.5, 0.6) is 5.75 Å². The topological polar surface area (TPSA) is 64.0 Å². The molecule has 0 unspecified atom stereocenters. The molecule has 2 N–H and O–H groups in total. The molecule has 0 spiro atoms. The van der Waals surface area contributed by atoms with Crippen molar-refractivity contribution in [1.29, 1.82) is 0 Å².